The maximum atomic E-state index is 12.0. The number of nitrogens with zero attached hydrogens (tertiary/aromatic N) is 2. The van der Waals surface area contributed by atoms with Gasteiger partial charge in [0.25, 0.3) is 5.91 Å². The molecule has 0 saturated carbocycles. The smallest absolute Gasteiger partial charge is 0.273 e. The van der Waals surface area contributed by atoms with Gasteiger partial charge in [-0.15, -0.1) is 10.2 Å². The van der Waals surface area contributed by atoms with Crippen LogP contribution >= 0.6 is 15.9 Å². The van der Waals surface area contributed by atoms with Gasteiger partial charge in [-0.05, 0) is 28.4 Å². The van der Waals surface area contributed by atoms with E-state index < -0.39 is 0 Å². The van der Waals surface area contributed by atoms with E-state index in [4.69, 9.17) is 5.73 Å². The summed E-state index contributed by atoms with van der Waals surface area (Å²) in [6.45, 7) is 2.68. The number of carbonyl (C=O) groups is 1. The first-order valence-corrected chi connectivity index (χ1v) is 6.93. The molecule has 0 fully saturated rings. The Morgan fingerprint density at radius 1 is 1.42 bits per heavy atom. The first kappa shape index (κ1) is 13.7. The molecule has 0 spiro atoms. The number of anilines is 1. The summed E-state index contributed by atoms with van der Waals surface area (Å²) in [6, 6.07) is 5.54. The van der Waals surface area contributed by atoms with E-state index in [1.165, 1.54) is 0 Å². The highest BCUT2D eigenvalue weighted by Gasteiger charge is 2.15. The number of aromatic nitrogens is 2. The predicted molar refractivity (Wildman–Crippen MR) is 78.9 cm³/mol. The van der Waals surface area contributed by atoms with Crippen LogP contribution in [0.5, 0.6) is 0 Å². The summed E-state index contributed by atoms with van der Waals surface area (Å²) in [5.74, 6) is -0.277. The monoisotopic (exact) mass is 322 g/mol. The number of hydrogen-bond acceptors (Lipinski definition) is 4. The summed E-state index contributed by atoms with van der Waals surface area (Å²) < 4.78 is 0.808. The van der Waals surface area contributed by atoms with Crippen molar-refractivity contribution in [3.63, 3.8) is 0 Å². The molecule has 0 unspecified atom stereocenters. The minimum Gasteiger partial charge on any atom is -0.396 e. The van der Waals surface area contributed by atoms with Gasteiger partial charge in [0.1, 0.15) is 5.52 Å². The van der Waals surface area contributed by atoms with Crippen LogP contribution < -0.4 is 11.1 Å². The average Bonchev–Trinajstić information content (AvgIpc) is 2.40. The SMILES string of the molecule is CCCCNC(=O)c1nnc2c(Br)cccc2c1N. The number of nitrogen functional groups attached to an aromatic ring is 1. The Morgan fingerprint density at radius 2 is 2.21 bits per heavy atom. The Bertz CT molecular complexity index is 615. The second-order valence-electron chi connectivity index (χ2n) is 4.21. The number of halogens is 1. The molecule has 0 bridgehead atoms. The van der Waals surface area contributed by atoms with Crippen molar-refractivity contribution in [1.82, 2.24) is 15.5 Å². The number of amides is 1. The molecular weight excluding hydrogens is 308 g/mol. The highest BCUT2D eigenvalue weighted by Crippen LogP contribution is 2.26. The van der Waals surface area contributed by atoms with Crippen molar-refractivity contribution >= 4 is 38.4 Å². The van der Waals surface area contributed by atoms with Crippen molar-refractivity contribution in [1.29, 1.82) is 0 Å². The van der Waals surface area contributed by atoms with Crippen LogP contribution in [0.25, 0.3) is 10.9 Å². The minimum absolute atomic E-state index is 0.182. The highest BCUT2D eigenvalue weighted by atomic mass is 79.9. The van der Waals surface area contributed by atoms with Crippen molar-refractivity contribution in [3.8, 4) is 0 Å². The normalized spacial score (nSPS) is 10.6. The van der Waals surface area contributed by atoms with Crippen LogP contribution in [0.3, 0.4) is 0 Å². The predicted octanol–water partition coefficient (Wildman–Crippen LogP) is 2.50. The third kappa shape index (κ3) is 2.84. The molecule has 0 saturated heterocycles. The van der Waals surface area contributed by atoms with Gasteiger partial charge in [0.05, 0.1) is 5.69 Å². The molecule has 0 aliphatic carbocycles. The Hall–Kier alpha value is -1.69. The number of unbranched alkanes of at least 4 members (excludes halogenated alkanes) is 1. The van der Waals surface area contributed by atoms with Crippen molar-refractivity contribution in [3.05, 3.63) is 28.4 Å². The number of fused-ring (bicyclic) bond motifs is 1. The fraction of sp³-hybridized carbons (Fsp3) is 0.308. The van der Waals surface area contributed by atoms with Crippen LogP contribution in [0.2, 0.25) is 0 Å². The molecule has 0 aliphatic rings. The standard InChI is InChI=1S/C13H15BrN4O/c1-2-3-7-16-13(19)12-10(15)8-5-4-6-9(14)11(8)17-18-12/h4-6H,2-3,7H2,1H3,(H2,15,17)(H,16,19). The number of hydrogen-bond donors (Lipinski definition) is 2. The molecule has 0 aliphatic heterocycles. The lowest BCUT2D eigenvalue weighted by Crippen LogP contribution is -2.26. The van der Waals surface area contributed by atoms with E-state index in [1.54, 1.807) is 0 Å². The number of benzene rings is 1. The lowest BCUT2D eigenvalue weighted by atomic mass is 10.1. The van der Waals surface area contributed by atoms with Gasteiger partial charge in [0.2, 0.25) is 0 Å². The quantitative estimate of drug-likeness (QED) is 0.847. The zero-order valence-corrected chi connectivity index (χ0v) is 12.2. The fourth-order valence-corrected chi connectivity index (χ4v) is 2.19. The van der Waals surface area contributed by atoms with Crippen LogP contribution in [0, 0.1) is 0 Å². The second-order valence-corrected chi connectivity index (χ2v) is 5.06. The molecule has 1 aromatic carbocycles. The molecule has 0 atom stereocenters. The molecule has 100 valence electrons. The lowest BCUT2D eigenvalue weighted by molar-refractivity contribution is 0.0948. The molecule has 5 nitrogen and oxygen atoms in total. The molecular formula is C13H15BrN4O. The molecule has 2 aromatic rings. The van der Waals surface area contributed by atoms with Gasteiger partial charge in [-0.25, -0.2) is 0 Å². The molecule has 1 heterocycles. The topological polar surface area (TPSA) is 80.9 Å². The van der Waals surface area contributed by atoms with Crippen molar-refractivity contribution < 1.29 is 4.79 Å². The number of carbonyl (C=O) groups excluding carboxylic acids is 1. The Labute approximate surface area is 119 Å². The summed E-state index contributed by atoms with van der Waals surface area (Å²) in [6.07, 6.45) is 1.95. The van der Waals surface area contributed by atoms with Gasteiger partial charge in [-0.2, -0.15) is 0 Å². The van der Waals surface area contributed by atoms with E-state index in [-0.39, 0.29) is 11.6 Å². The van der Waals surface area contributed by atoms with E-state index in [0.717, 1.165) is 22.7 Å². The summed E-state index contributed by atoms with van der Waals surface area (Å²) in [5.41, 5.74) is 7.21. The minimum atomic E-state index is -0.277. The Balaban J connectivity index is 2.35. The third-order valence-electron chi connectivity index (χ3n) is 2.81. The van der Waals surface area contributed by atoms with Crippen LogP contribution in [0.15, 0.2) is 22.7 Å². The van der Waals surface area contributed by atoms with Gasteiger partial charge < -0.3 is 11.1 Å². The van der Waals surface area contributed by atoms with Gasteiger partial charge in [0, 0.05) is 16.4 Å². The summed E-state index contributed by atoms with van der Waals surface area (Å²) in [7, 11) is 0. The lowest BCUT2D eigenvalue weighted by Gasteiger charge is -2.08. The number of nitrogens with one attached hydrogen (secondary N) is 1. The summed E-state index contributed by atoms with van der Waals surface area (Å²) in [4.78, 5) is 12.0. The third-order valence-corrected chi connectivity index (χ3v) is 3.45. The average molecular weight is 323 g/mol. The van der Waals surface area contributed by atoms with E-state index in [2.05, 4.69) is 38.4 Å². The molecule has 0 radical (unpaired) electrons. The zero-order chi connectivity index (χ0) is 13.8. The van der Waals surface area contributed by atoms with Crippen molar-refractivity contribution in [2.75, 3.05) is 12.3 Å². The molecule has 3 N–H and O–H groups in total. The Morgan fingerprint density at radius 3 is 2.95 bits per heavy atom. The van der Waals surface area contributed by atoms with Crippen molar-refractivity contribution in [2.24, 2.45) is 0 Å². The summed E-state index contributed by atoms with van der Waals surface area (Å²) >= 11 is 3.39. The molecule has 2 rings (SSSR count). The maximum absolute atomic E-state index is 12.0. The zero-order valence-electron chi connectivity index (χ0n) is 10.6. The summed E-state index contributed by atoms with van der Waals surface area (Å²) in [5, 5.41) is 11.5. The fourth-order valence-electron chi connectivity index (χ4n) is 1.75. The number of nitrogens with two attached hydrogens (primary N) is 1. The Kier molecular flexibility index (Phi) is 4.31. The number of rotatable bonds is 4. The van der Waals surface area contributed by atoms with E-state index in [1.807, 2.05) is 18.2 Å². The van der Waals surface area contributed by atoms with Gasteiger partial charge >= 0.3 is 0 Å². The maximum Gasteiger partial charge on any atom is 0.273 e. The van der Waals surface area contributed by atoms with Crippen LogP contribution in [0.1, 0.15) is 30.3 Å². The van der Waals surface area contributed by atoms with Crippen LogP contribution in [-0.4, -0.2) is 22.6 Å². The van der Waals surface area contributed by atoms with Gasteiger partial charge in [0.15, 0.2) is 5.69 Å². The van der Waals surface area contributed by atoms with E-state index >= 15 is 0 Å². The first-order chi connectivity index (χ1) is 9.15. The van der Waals surface area contributed by atoms with Crippen LogP contribution in [-0.2, 0) is 0 Å². The first-order valence-electron chi connectivity index (χ1n) is 6.13. The molecule has 6 heteroatoms. The molecule has 1 amide bonds. The van der Waals surface area contributed by atoms with Gasteiger partial charge in [-0.1, -0.05) is 25.5 Å². The molecule has 19 heavy (non-hydrogen) atoms. The molecule has 1 aromatic heterocycles. The van der Waals surface area contributed by atoms with Crippen molar-refractivity contribution in [2.45, 2.75) is 19.8 Å². The van der Waals surface area contributed by atoms with E-state index in [0.29, 0.717) is 17.7 Å². The van der Waals surface area contributed by atoms with Crippen LogP contribution in [0.4, 0.5) is 5.69 Å². The largest absolute Gasteiger partial charge is 0.396 e. The van der Waals surface area contributed by atoms with Gasteiger partial charge in [-0.3, -0.25) is 4.79 Å². The highest BCUT2D eigenvalue weighted by molar-refractivity contribution is 9.10. The van der Waals surface area contributed by atoms with E-state index in [9.17, 15) is 4.79 Å². The second kappa shape index (κ2) is 5.97.